The second kappa shape index (κ2) is 5.00. The smallest absolute Gasteiger partial charge is 0.219 e. The summed E-state index contributed by atoms with van der Waals surface area (Å²) in [7, 11) is 1.68. The van der Waals surface area contributed by atoms with Crippen LogP contribution in [-0.2, 0) is 9.59 Å². The molecule has 0 rings (SSSR count). The normalized spacial score (nSPS) is 12.8. The third-order valence-corrected chi connectivity index (χ3v) is 2.13. The number of hydrogen-bond acceptors (Lipinski definition) is 2. The van der Waals surface area contributed by atoms with Gasteiger partial charge in [-0.3, -0.25) is 9.59 Å². The van der Waals surface area contributed by atoms with Crippen molar-refractivity contribution in [2.24, 2.45) is 5.92 Å². The molecule has 0 heterocycles. The fourth-order valence-electron chi connectivity index (χ4n) is 1.26. The second-order valence-corrected chi connectivity index (χ2v) is 3.89. The molecule has 3 heteroatoms. The van der Waals surface area contributed by atoms with Gasteiger partial charge < -0.3 is 4.90 Å². The first-order valence-electron chi connectivity index (χ1n) is 4.60. The van der Waals surface area contributed by atoms with E-state index >= 15 is 0 Å². The Morgan fingerprint density at radius 2 is 1.69 bits per heavy atom. The maximum Gasteiger partial charge on any atom is 0.219 e. The van der Waals surface area contributed by atoms with E-state index in [9.17, 15) is 9.59 Å². The first-order valence-corrected chi connectivity index (χ1v) is 4.60. The molecule has 0 aromatic rings. The predicted molar refractivity (Wildman–Crippen MR) is 52.4 cm³/mol. The molecule has 1 amide bonds. The van der Waals surface area contributed by atoms with Crippen molar-refractivity contribution in [3.05, 3.63) is 0 Å². The number of ketones is 1. The molecule has 0 saturated heterocycles. The molecule has 0 aliphatic rings. The van der Waals surface area contributed by atoms with Crippen LogP contribution in [0.25, 0.3) is 0 Å². The lowest BCUT2D eigenvalue weighted by Crippen LogP contribution is -2.41. The highest BCUT2D eigenvalue weighted by Crippen LogP contribution is 2.11. The number of hydrogen-bond donors (Lipinski definition) is 0. The van der Waals surface area contributed by atoms with Crippen LogP contribution in [0.4, 0.5) is 0 Å². The molecule has 0 fully saturated rings. The molecule has 3 nitrogen and oxygen atoms in total. The van der Waals surface area contributed by atoms with Crippen LogP contribution in [0, 0.1) is 5.92 Å². The monoisotopic (exact) mass is 185 g/mol. The number of likely N-dealkylation sites (N-methyl/N-ethyl adjacent to an activating group) is 1. The van der Waals surface area contributed by atoms with E-state index in [0.717, 1.165) is 6.42 Å². The Bertz CT molecular complexity index is 199. The summed E-state index contributed by atoms with van der Waals surface area (Å²) in [6.45, 7) is 7.11. The molecule has 0 saturated carbocycles. The SMILES string of the molecule is CC(=O)[C@@H](CC(C)C)N(C)C(C)=O. The van der Waals surface area contributed by atoms with Crippen molar-refractivity contribution >= 4 is 11.7 Å². The predicted octanol–water partition coefficient (Wildman–Crippen LogP) is 1.47. The molecule has 0 N–H and O–H groups in total. The molecule has 13 heavy (non-hydrogen) atoms. The standard InChI is InChI=1S/C10H19NO2/c1-7(2)6-10(8(3)12)11(5)9(4)13/h7,10H,6H2,1-5H3/t10-/m1/s1. The van der Waals surface area contributed by atoms with Gasteiger partial charge in [0, 0.05) is 14.0 Å². The molecular formula is C10H19NO2. The molecule has 0 aliphatic heterocycles. The minimum atomic E-state index is -0.252. The lowest BCUT2D eigenvalue weighted by atomic mass is 10.00. The number of nitrogens with zero attached hydrogens (tertiary/aromatic N) is 1. The average molecular weight is 185 g/mol. The summed E-state index contributed by atoms with van der Waals surface area (Å²) in [5, 5.41) is 0. The summed E-state index contributed by atoms with van der Waals surface area (Å²) in [5.74, 6) is 0.433. The summed E-state index contributed by atoms with van der Waals surface area (Å²) >= 11 is 0. The van der Waals surface area contributed by atoms with Crippen molar-refractivity contribution in [1.29, 1.82) is 0 Å². The van der Waals surface area contributed by atoms with Gasteiger partial charge in [0.2, 0.25) is 5.91 Å². The van der Waals surface area contributed by atoms with E-state index in [-0.39, 0.29) is 17.7 Å². The van der Waals surface area contributed by atoms with E-state index in [1.54, 1.807) is 7.05 Å². The molecule has 0 aromatic heterocycles. The quantitative estimate of drug-likeness (QED) is 0.665. The summed E-state index contributed by atoms with van der Waals surface area (Å²) in [6, 6.07) is -0.252. The van der Waals surface area contributed by atoms with E-state index < -0.39 is 0 Å². The highest BCUT2D eigenvalue weighted by atomic mass is 16.2. The van der Waals surface area contributed by atoms with Gasteiger partial charge in [-0.1, -0.05) is 13.8 Å². The van der Waals surface area contributed by atoms with Gasteiger partial charge in [-0.15, -0.1) is 0 Å². The van der Waals surface area contributed by atoms with E-state index in [4.69, 9.17) is 0 Å². The average Bonchev–Trinajstić information content (AvgIpc) is 1.97. The number of rotatable bonds is 4. The molecule has 0 bridgehead atoms. The fourth-order valence-corrected chi connectivity index (χ4v) is 1.26. The van der Waals surface area contributed by atoms with Crippen molar-refractivity contribution in [3.8, 4) is 0 Å². The summed E-state index contributed by atoms with van der Waals surface area (Å²) in [6.07, 6.45) is 0.741. The van der Waals surface area contributed by atoms with E-state index in [1.807, 2.05) is 13.8 Å². The molecule has 0 spiro atoms. The highest BCUT2D eigenvalue weighted by Gasteiger charge is 2.22. The Morgan fingerprint density at radius 1 is 1.23 bits per heavy atom. The zero-order chi connectivity index (χ0) is 10.6. The molecule has 0 aromatic carbocycles. The van der Waals surface area contributed by atoms with Gasteiger partial charge in [0.25, 0.3) is 0 Å². The largest absolute Gasteiger partial charge is 0.336 e. The zero-order valence-corrected chi connectivity index (χ0v) is 9.13. The first-order chi connectivity index (χ1) is 5.86. The number of carbonyl (C=O) groups is 2. The third kappa shape index (κ3) is 4.06. The highest BCUT2D eigenvalue weighted by molar-refractivity contribution is 5.86. The van der Waals surface area contributed by atoms with Crippen LogP contribution in [0.2, 0.25) is 0 Å². The van der Waals surface area contributed by atoms with Crippen LogP contribution in [0.15, 0.2) is 0 Å². The Morgan fingerprint density at radius 3 is 1.92 bits per heavy atom. The van der Waals surface area contributed by atoms with Crippen molar-refractivity contribution in [2.45, 2.75) is 40.2 Å². The molecule has 76 valence electrons. The van der Waals surface area contributed by atoms with Crippen LogP contribution in [-0.4, -0.2) is 29.7 Å². The molecular weight excluding hydrogens is 166 g/mol. The van der Waals surface area contributed by atoms with Crippen molar-refractivity contribution in [1.82, 2.24) is 4.90 Å². The van der Waals surface area contributed by atoms with Crippen molar-refractivity contribution in [2.75, 3.05) is 7.05 Å². The molecule has 0 unspecified atom stereocenters. The van der Waals surface area contributed by atoms with E-state index in [2.05, 4.69) is 0 Å². The van der Waals surface area contributed by atoms with Gasteiger partial charge in [-0.25, -0.2) is 0 Å². The lowest BCUT2D eigenvalue weighted by Gasteiger charge is -2.26. The minimum Gasteiger partial charge on any atom is -0.336 e. The third-order valence-electron chi connectivity index (χ3n) is 2.13. The molecule has 0 radical (unpaired) electrons. The van der Waals surface area contributed by atoms with E-state index in [0.29, 0.717) is 5.92 Å². The van der Waals surface area contributed by atoms with Gasteiger partial charge in [0.15, 0.2) is 5.78 Å². The maximum atomic E-state index is 11.2. The van der Waals surface area contributed by atoms with Gasteiger partial charge >= 0.3 is 0 Å². The van der Waals surface area contributed by atoms with Crippen molar-refractivity contribution < 1.29 is 9.59 Å². The van der Waals surface area contributed by atoms with Crippen molar-refractivity contribution in [3.63, 3.8) is 0 Å². The van der Waals surface area contributed by atoms with E-state index in [1.165, 1.54) is 18.7 Å². The molecule has 1 atom stereocenters. The minimum absolute atomic E-state index is 0.0548. The Hall–Kier alpha value is -0.860. The maximum absolute atomic E-state index is 11.2. The lowest BCUT2D eigenvalue weighted by molar-refractivity contribution is -0.136. The van der Waals surface area contributed by atoms with Gasteiger partial charge in [0.1, 0.15) is 0 Å². The number of amides is 1. The fraction of sp³-hybridized carbons (Fsp3) is 0.800. The summed E-state index contributed by atoms with van der Waals surface area (Å²) < 4.78 is 0. The zero-order valence-electron chi connectivity index (χ0n) is 9.13. The van der Waals surface area contributed by atoms with Crippen LogP contribution < -0.4 is 0 Å². The second-order valence-electron chi connectivity index (χ2n) is 3.89. The van der Waals surface area contributed by atoms with Crippen LogP contribution >= 0.6 is 0 Å². The first kappa shape index (κ1) is 12.1. The Balaban J connectivity index is 4.42. The van der Waals surface area contributed by atoms with Crippen LogP contribution in [0.3, 0.4) is 0 Å². The Labute approximate surface area is 80.1 Å². The van der Waals surface area contributed by atoms with Crippen LogP contribution in [0.1, 0.15) is 34.1 Å². The van der Waals surface area contributed by atoms with Gasteiger partial charge in [-0.05, 0) is 19.3 Å². The summed E-state index contributed by atoms with van der Waals surface area (Å²) in [4.78, 5) is 23.8. The van der Waals surface area contributed by atoms with Gasteiger partial charge in [0.05, 0.1) is 6.04 Å². The summed E-state index contributed by atoms with van der Waals surface area (Å²) in [5.41, 5.74) is 0. The van der Waals surface area contributed by atoms with Crippen LogP contribution in [0.5, 0.6) is 0 Å². The number of Topliss-reactive ketones (excluding diaryl/α,β-unsaturated/α-hetero) is 1. The Kier molecular flexibility index (Phi) is 4.67. The van der Waals surface area contributed by atoms with Gasteiger partial charge in [-0.2, -0.15) is 0 Å². The number of carbonyl (C=O) groups excluding carboxylic acids is 2. The topological polar surface area (TPSA) is 37.4 Å². The molecule has 0 aliphatic carbocycles.